The third kappa shape index (κ3) is 3.25. The van der Waals surface area contributed by atoms with Crippen molar-refractivity contribution in [3.63, 3.8) is 0 Å². The predicted octanol–water partition coefficient (Wildman–Crippen LogP) is 2.22. The van der Waals surface area contributed by atoms with E-state index in [0.717, 1.165) is 17.9 Å². The van der Waals surface area contributed by atoms with Crippen LogP contribution in [-0.2, 0) is 16.4 Å². The number of nitro groups is 1. The minimum absolute atomic E-state index is 0.117. The van der Waals surface area contributed by atoms with E-state index in [4.69, 9.17) is 4.52 Å². The lowest BCUT2D eigenvalue weighted by molar-refractivity contribution is -0.385. The molecule has 0 aliphatic rings. The number of anilines is 1. The van der Waals surface area contributed by atoms with Gasteiger partial charge < -0.3 is 9.84 Å². The lowest BCUT2D eigenvalue weighted by atomic mass is 10.2. The number of aryl methyl sites for hydroxylation is 2. The van der Waals surface area contributed by atoms with Crippen LogP contribution in [0.15, 0.2) is 27.6 Å². The van der Waals surface area contributed by atoms with Crippen molar-refractivity contribution in [3.05, 3.63) is 45.3 Å². The number of nitrogens with zero attached hydrogens (tertiary/aromatic N) is 2. The summed E-state index contributed by atoms with van der Waals surface area (Å²) in [5.74, 6) is 0.632. The first-order chi connectivity index (χ1) is 10.2. The zero-order chi connectivity index (χ0) is 16.5. The van der Waals surface area contributed by atoms with Crippen molar-refractivity contribution in [1.29, 1.82) is 0 Å². The van der Waals surface area contributed by atoms with Gasteiger partial charge in [-0.1, -0.05) is 5.16 Å². The minimum Gasteiger partial charge on any atom is -0.380 e. The molecule has 0 spiro atoms. The lowest BCUT2D eigenvalue weighted by Gasteiger charge is -2.10. The summed E-state index contributed by atoms with van der Waals surface area (Å²) in [6, 6.07) is 3.68. The predicted molar refractivity (Wildman–Crippen MR) is 79.5 cm³/mol. The van der Waals surface area contributed by atoms with Gasteiger partial charge in [-0.3, -0.25) is 10.1 Å². The standard InChI is InChI=1S/C13H15N3O5S/c1-8-11(9(2)21-15-8)7-14-12-5-4-10(16(17)18)6-13(12)22(3,19)20/h4-6,14H,7H2,1-3H3. The van der Waals surface area contributed by atoms with Crippen molar-refractivity contribution >= 4 is 21.2 Å². The number of non-ortho nitro benzene ring substituents is 1. The largest absolute Gasteiger partial charge is 0.380 e. The number of hydrogen-bond donors (Lipinski definition) is 1. The molecule has 22 heavy (non-hydrogen) atoms. The number of nitro benzene ring substituents is 1. The van der Waals surface area contributed by atoms with Crippen LogP contribution in [0.5, 0.6) is 0 Å². The van der Waals surface area contributed by atoms with Crippen molar-refractivity contribution < 1.29 is 17.9 Å². The van der Waals surface area contributed by atoms with E-state index in [0.29, 0.717) is 23.7 Å². The molecule has 0 unspecified atom stereocenters. The highest BCUT2D eigenvalue weighted by Crippen LogP contribution is 2.27. The van der Waals surface area contributed by atoms with Crippen LogP contribution in [0.4, 0.5) is 11.4 Å². The molecule has 118 valence electrons. The number of rotatable bonds is 5. The summed E-state index contributed by atoms with van der Waals surface area (Å²) in [5, 5.41) is 17.6. The van der Waals surface area contributed by atoms with Crippen LogP contribution in [0.3, 0.4) is 0 Å². The quantitative estimate of drug-likeness (QED) is 0.662. The van der Waals surface area contributed by atoms with Crippen molar-refractivity contribution in [2.24, 2.45) is 0 Å². The molecule has 1 aromatic heterocycles. The van der Waals surface area contributed by atoms with Gasteiger partial charge in [-0.2, -0.15) is 0 Å². The molecule has 0 saturated carbocycles. The van der Waals surface area contributed by atoms with E-state index in [1.807, 2.05) is 0 Å². The molecule has 8 nitrogen and oxygen atoms in total. The van der Waals surface area contributed by atoms with Crippen molar-refractivity contribution in [3.8, 4) is 0 Å². The SMILES string of the molecule is Cc1noc(C)c1CNc1ccc([N+](=O)[O-])cc1S(C)(=O)=O. The molecule has 0 bridgehead atoms. The van der Waals surface area contributed by atoms with Gasteiger partial charge in [-0.15, -0.1) is 0 Å². The first-order valence-electron chi connectivity index (χ1n) is 6.34. The van der Waals surface area contributed by atoms with Crippen molar-refractivity contribution in [2.75, 3.05) is 11.6 Å². The maximum atomic E-state index is 11.8. The molecule has 1 aromatic carbocycles. The van der Waals surface area contributed by atoms with Gasteiger partial charge in [0, 0.05) is 30.5 Å². The second-order valence-corrected chi connectivity index (χ2v) is 6.85. The maximum Gasteiger partial charge on any atom is 0.270 e. The molecule has 0 aliphatic heterocycles. The summed E-state index contributed by atoms with van der Waals surface area (Å²) in [5.41, 5.74) is 1.54. The van der Waals surface area contributed by atoms with Gasteiger partial charge in [0.2, 0.25) is 0 Å². The summed E-state index contributed by atoms with van der Waals surface area (Å²) in [6.07, 6.45) is 1.01. The Balaban J connectivity index is 2.37. The molecule has 1 N–H and O–H groups in total. The summed E-state index contributed by atoms with van der Waals surface area (Å²) in [7, 11) is -3.61. The Morgan fingerprint density at radius 2 is 2.05 bits per heavy atom. The molecule has 2 rings (SSSR count). The highest BCUT2D eigenvalue weighted by Gasteiger charge is 2.19. The average Bonchev–Trinajstić information content (AvgIpc) is 2.74. The Morgan fingerprint density at radius 1 is 1.36 bits per heavy atom. The Labute approximate surface area is 127 Å². The van der Waals surface area contributed by atoms with Gasteiger partial charge in [0.05, 0.1) is 21.2 Å². The van der Waals surface area contributed by atoms with E-state index in [1.165, 1.54) is 12.1 Å². The molecule has 0 aliphatic carbocycles. The van der Waals surface area contributed by atoms with Crippen molar-refractivity contribution in [1.82, 2.24) is 5.16 Å². The van der Waals surface area contributed by atoms with E-state index < -0.39 is 14.8 Å². The van der Waals surface area contributed by atoms with Crippen molar-refractivity contribution in [2.45, 2.75) is 25.3 Å². The molecule has 1 heterocycles. The van der Waals surface area contributed by atoms with Gasteiger partial charge >= 0.3 is 0 Å². The third-order valence-electron chi connectivity index (χ3n) is 3.21. The number of aromatic nitrogens is 1. The van der Waals surface area contributed by atoms with E-state index >= 15 is 0 Å². The fraction of sp³-hybridized carbons (Fsp3) is 0.308. The molecule has 0 amide bonds. The smallest absolute Gasteiger partial charge is 0.270 e. The summed E-state index contributed by atoms with van der Waals surface area (Å²) in [4.78, 5) is 10.0. The zero-order valence-corrected chi connectivity index (χ0v) is 13.1. The maximum absolute atomic E-state index is 11.8. The average molecular weight is 325 g/mol. The lowest BCUT2D eigenvalue weighted by Crippen LogP contribution is -2.07. The molecule has 0 fully saturated rings. The van der Waals surface area contributed by atoms with Crippen LogP contribution in [0.2, 0.25) is 0 Å². The molecule has 0 radical (unpaired) electrons. The Morgan fingerprint density at radius 3 is 2.55 bits per heavy atom. The van der Waals surface area contributed by atoms with Gasteiger partial charge in [0.25, 0.3) is 5.69 Å². The number of benzene rings is 1. The highest BCUT2D eigenvalue weighted by molar-refractivity contribution is 7.90. The monoisotopic (exact) mass is 325 g/mol. The zero-order valence-electron chi connectivity index (χ0n) is 12.3. The molecular weight excluding hydrogens is 310 g/mol. The van der Waals surface area contributed by atoms with Crippen LogP contribution in [-0.4, -0.2) is 24.8 Å². The highest BCUT2D eigenvalue weighted by atomic mass is 32.2. The molecule has 9 heteroatoms. The van der Waals surface area contributed by atoms with E-state index in [2.05, 4.69) is 10.5 Å². The fourth-order valence-corrected chi connectivity index (χ4v) is 2.89. The summed E-state index contributed by atoms with van der Waals surface area (Å²) < 4.78 is 28.7. The van der Waals surface area contributed by atoms with Crippen LogP contribution in [0.1, 0.15) is 17.0 Å². The summed E-state index contributed by atoms with van der Waals surface area (Å²) >= 11 is 0. The van der Waals surface area contributed by atoms with Gasteiger partial charge in [0.1, 0.15) is 5.76 Å². The Bertz CT molecular complexity index is 807. The van der Waals surface area contributed by atoms with Gasteiger partial charge in [-0.05, 0) is 19.9 Å². The van der Waals surface area contributed by atoms with Crippen LogP contribution in [0.25, 0.3) is 0 Å². The topological polar surface area (TPSA) is 115 Å². The first-order valence-corrected chi connectivity index (χ1v) is 8.23. The molecule has 0 atom stereocenters. The Kier molecular flexibility index (Phi) is 4.18. The molecule has 2 aromatic rings. The van der Waals surface area contributed by atoms with Crippen LogP contribution >= 0.6 is 0 Å². The molecular formula is C13H15N3O5S. The second-order valence-electron chi connectivity index (χ2n) is 4.87. The van der Waals surface area contributed by atoms with E-state index in [9.17, 15) is 18.5 Å². The summed E-state index contributed by atoms with van der Waals surface area (Å²) in [6.45, 7) is 3.84. The minimum atomic E-state index is -3.61. The van der Waals surface area contributed by atoms with Crippen LogP contribution < -0.4 is 5.32 Å². The first kappa shape index (κ1) is 16.0. The van der Waals surface area contributed by atoms with E-state index in [1.54, 1.807) is 13.8 Å². The fourth-order valence-electron chi connectivity index (χ4n) is 2.02. The number of nitrogens with one attached hydrogen (secondary N) is 1. The second kappa shape index (κ2) is 5.76. The van der Waals surface area contributed by atoms with Gasteiger partial charge in [0.15, 0.2) is 9.84 Å². The molecule has 0 saturated heterocycles. The Hall–Kier alpha value is -2.42. The number of hydrogen-bond acceptors (Lipinski definition) is 7. The van der Waals surface area contributed by atoms with E-state index in [-0.39, 0.29) is 10.6 Å². The normalized spacial score (nSPS) is 11.4. The number of sulfone groups is 1. The van der Waals surface area contributed by atoms with Crippen LogP contribution in [0, 0.1) is 24.0 Å². The van der Waals surface area contributed by atoms with Gasteiger partial charge in [-0.25, -0.2) is 8.42 Å². The third-order valence-corrected chi connectivity index (χ3v) is 4.35.